The topological polar surface area (TPSA) is 101 Å². The molecule has 3 aromatic carbocycles. The number of pyridine rings is 1. The maximum Gasteiger partial charge on any atom is 0.262 e. The molecule has 1 amide bonds. The Morgan fingerprint density at radius 3 is 2.43 bits per heavy atom. The average Bonchev–Trinajstić information content (AvgIpc) is 2.97. The van der Waals surface area contributed by atoms with Gasteiger partial charge in [-0.15, -0.1) is 0 Å². The predicted octanol–water partition coefficient (Wildman–Crippen LogP) is 5.27. The van der Waals surface area contributed by atoms with Crippen molar-refractivity contribution >= 4 is 38.9 Å². The molecule has 1 saturated heterocycles. The summed E-state index contributed by atoms with van der Waals surface area (Å²) in [6, 6.07) is 16.4. The van der Waals surface area contributed by atoms with E-state index in [2.05, 4.69) is 10.0 Å². The number of fused-ring (bicyclic) bond motifs is 4. The second kappa shape index (κ2) is 11.7. The van der Waals surface area contributed by atoms with Crippen LogP contribution in [0, 0.1) is 23.4 Å². The zero-order chi connectivity index (χ0) is 31.2. The summed E-state index contributed by atoms with van der Waals surface area (Å²) in [5.74, 6) is -3.95. The Balaban J connectivity index is 1.33. The van der Waals surface area contributed by atoms with Gasteiger partial charge >= 0.3 is 0 Å². The maximum atomic E-state index is 14.1. The van der Waals surface area contributed by atoms with Crippen LogP contribution in [0.2, 0.25) is 5.02 Å². The number of carbonyl (C=O) groups is 1. The van der Waals surface area contributed by atoms with Gasteiger partial charge in [-0.25, -0.2) is 21.6 Å². The summed E-state index contributed by atoms with van der Waals surface area (Å²) < 4.78 is 72.8. The number of anilines is 2. The van der Waals surface area contributed by atoms with Gasteiger partial charge in [0.05, 0.1) is 16.3 Å². The van der Waals surface area contributed by atoms with Crippen LogP contribution in [0.3, 0.4) is 0 Å². The van der Waals surface area contributed by atoms with Crippen molar-refractivity contribution < 1.29 is 26.4 Å². The van der Waals surface area contributed by atoms with Crippen molar-refractivity contribution in [2.24, 2.45) is 5.92 Å². The van der Waals surface area contributed by atoms with E-state index in [0.29, 0.717) is 37.5 Å². The number of carbonyl (C=O) groups excluding carboxylic acids is 1. The van der Waals surface area contributed by atoms with Crippen LogP contribution in [-0.2, 0) is 23.1 Å². The van der Waals surface area contributed by atoms with Gasteiger partial charge in [0.15, 0.2) is 0 Å². The quantitative estimate of drug-likeness (QED) is 0.286. The second-order valence-corrected chi connectivity index (χ2v) is 13.0. The lowest BCUT2D eigenvalue weighted by Gasteiger charge is -2.44. The molecule has 2 aliphatic rings. The number of benzene rings is 3. The van der Waals surface area contributed by atoms with Crippen LogP contribution >= 0.6 is 11.6 Å². The Morgan fingerprint density at radius 2 is 1.68 bits per heavy atom. The first-order valence-electron chi connectivity index (χ1n) is 13.8. The van der Waals surface area contributed by atoms with Crippen LogP contribution in [0.15, 0.2) is 82.5 Å². The van der Waals surface area contributed by atoms with E-state index in [1.54, 1.807) is 22.8 Å². The van der Waals surface area contributed by atoms with Crippen molar-refractivity contribution in [3.05, 3.63) is 122 Å². The Bertz CT molecular complexity index is 1930. The smallest absolute Gasteiger partial charge is 0.262 e. The van der Waals surface area contributed by atoms with Gasteiger partial charge in [-0.3, -0.25) is 14.3 Å². The first-order chi connectivity index (χ1) is 21.0. The van der Waals surface area contributed by atoms with E-state index in [9.17, 15) is 31.2 Å². The van der Waals surface area contributed by atoms with Gasteiger partial charge in [0.25, 0.3) is 21.5 Å². The summed E-state index contributed by atoms with van der Waals surface area (Å²) in [4.78, 5) is 27.5. The molecule has 2 atom stereocenters. The molecule has 4 aromatic rings. The molecule has 3 heterocycles. The average molecular weight is 643 g/mol. The molecular weight excluding hydrogens is 617 g/mol. The molecule has 1 aromatic heterocycles. The molecule has 0 aliphatic carbocycles. The Hall–Kier alpha value is -4.29. The van der Waals surface area contributed by atoms with Crippen molar-refractivity contribution in [2.75, 3.05) is 22.7 Å². The molecule has 8 nitrogen and oxygen atoms in total. The van der Waals surface area contributed by atoms with E-state index in [1.807, 2.05) is 11.0 Å². The molecule has 6 rings (SSSR count). The lowest BCUT2D eigenvalue weighted by molar-refractivity contribution is 0.0950. The minimum absolute atomic E-state index is 0.0228. The van der Waals surface area contributed by atoms with E-state index in [0.717, 1.165) is 12.1 Å². The van der Waals surface area contributed by atoms with E-state index in [4.69, 9.17) is 11.6 Å². The molecule has 228 valence electrons. The van der Waals surface area contributed by atoms with Gasteiger partial charge in [-0.05, 0) is 54.8 Å². The van der Waals surface area contributed by atoms with Crippen LogP contribution in [0.25, 0.3) is 0 Å². The zero-order valence-corrected chi connectivity index (χ0v) is 24.6. The summed E-state index contributed by atoms with van der Waals surface area (Å²) in [7, 11) is -4.16. The summed E-state index contributed by atoms with van der Waals surface area (Å²) in [6.45, 7) is 1.01. The van der Waals surface area contributed by atoms with Crippen LogP contribution < -0.4 is 20.5 Å². The number of amides is 1. The molecular formula is C31H26ClF3N4O4S. The predicted molar refractivity (Wildman–Crippen MR) is 160 cm³/mol. The van der Waals surface area contributed by atoms with E-state index < -0.39 is 45.5 Å². The Morgan fingerprint density at radius 1 is 0.932 bits per heavy atom. The number of aromatic nitrogens is 1. The third kappa shape index (κ3) is 5.91. The summed E-state index contributed by atoms with van der Waals surface area (Å²) in [5.41, 5.74) is 0.991. The number of nitrogens with one attached hydrogen (secondary N) is 2. The third-order valence-corrected chi connectivity index (χ3v) is 9.56. The van der Waals surface area contributed by atoms with Gasteiger partial charge < -0.3 is 14.8 Å². The number of sulfonamides is 1. The number of nitrogens with zero attached hydrogens (tertiary/aromatic N) is 2. The normalized spacial score (nSPS) is 17.6. The number of rotatable bonds is 7. The highest BCUT2D eigenvalue weighted by atomic mass is 35.5. The number of piperidine rings is 1. The monoisotopic (exact) mass is 642 g/mol. The molecule has 0 unspecified atom stereocenters. The fourth-order valence-corrected chi connectivity index (χ4v) is 7.34. The number of hydrogen-bond donors (Lipinski definition) is 2. The molecule has 13 heteroatoms. The van der Waals surface area contributed by atoms with Gasteiger partial charge in [0, 0.05) is 72.1 Å². The number of halogens is 4. The third-order valence-electron chi connectivity index (χ3n) is 7.96. The van der Waals surface area contributed by atoms with Crippen molar-refractivity contribution in [1.82, 2.24) is 9.88 Å². The molecule has 2 N–H and O–H groups in total. The molecule has 0 radical (unpaired) electrons. The second-order valence-electron chi connectivity index (χ2n) is 10.9. The lowest BCUT2D eigenvalue weighted by Crippen LogP contribution is -2.47. The highest BCUT2D eigenvalue weighted by Gasteiger charge is 2.35. The SMILES string of the molecule is O=C(NCc1c(F)cc(F)cc1F)c1ccc(N2C[C@H]3C[C@@H](C2)c2cccc(=O)n2C3)c(NS(=O)(=O)c2cccc(Cl)c2)c1. The van der Waals surface area contributed by atoms with Gasteiger partial charge in [-0.1, -0.05) is 23.7 Å². The molecule has 1 fully saturated rings. The highest BCUT2D eigenvalue weighted by molar-refractivity contribution is 7.92. The summed E-state index contributed by atoms with van der Waals surface area (Å²) in [6.07, 6.45) is 0.876. The van der Waals surface area contributed by atoms with Crippen molar-refractivity contribution in [3.63, 3.8) is 0 Å². The summed E-state index contributed by atoms with van der Waals surface area (Å²) >= 11 is 6.04. The van der Waals surface area contributed by atoms with Crippen LogP contribution in [0.1, 0.15) is 34.0 Å². The summed E-state index contributed by atoms with van der Waals surface area (Å²) in [5, 5.41) is 2.63. The standard InChI is InChI=1S/C31H26ClF3N4O4S/c32-21-3-1-4-23(11-21)44(42,43)37-27-10-19(31(41)36-14-24-25(34)12-22(33)13-26(24)35)7-8-29(27)38-15-18-9-20(17-38)28-5-2-6-30(40)39(28)16-18/h1-8,10-13,18,20,37H,9,14-17H2,(H,36,41)/t18-,20+/m1/s1. The minimum Gasteiger partial charge on any atom is -0.369 e. The Kier molecular flexibility index (Phi) is 7.89. The molecule has 2 bridgehead atoms. The van der Waals surface area contributed by atoms with Gasteiger partial charge in [-0.2, -0.15) is 0 Å². The minimum atomic E-state index is -4.16. The maximum absolute atomic E-state index is 14.1. The van der Waals surface area contributed by atoms with Gasteiger partial charge in [0.2, 0.25) is 0 Å². The molecule has 2 aliphatic heterocycles. The van der Waals surface area contributed by atoms with Crippen molar-refractivity contribution in [1.29, 1.82) is 0 Å². The Labute approximate surface area is 256 Å². The van der Waals surface area contributed by atoms with E-state index in [1.165, 1.54) is 36.4 Å². The van der Waals surface area contributed by atoms with E-state index >= 15 is 0 Å². The fraction of sp³-hybridized carbons (Fsp3) is 0.226. The van der Waals surface area contributed by atoms with Crippen LogP contribution in [0.5, 0.6) is 0 Å². The molecule has 0 spiro atoms. The zero-order valence-electron chi connectivity index (χ0n) is 23.1. The van der Waals surface area contributed by atoms with Crippen LogP contribution in [0.4, 0.5) is 24.5 Å². The molecule has 44 heavy (non-hydrogen) atoms. The van der Waals surface area contributed by atoms with E-state index in [-0.39, 0.29) is 38.6 Å². The van der Waals surface area contributed by atoms with Gasteiger partial charge in [0.1, 0.15) is 17.5 Å². The van der Waals surface area contributed by atoms with Crippen molar-refractivity contribution in [2.45, 2.75) is 30.3 Å². The lowest BCUT2D eigenvalue weighted by atomic mass is 9.83. The molecule has 0 saturated carbocycles. The first kappa shape index (κ1) is 29.8. The highest BCUT2D eigenvalue weighted by Crippen LogP contribution is 2.40. The number of hydrogen-bond acceptors (Lipinski definition) is 5. The largest absolute Gasteiger partial charge is 0.369 e. The van der Waals surface area contributed by atoms with Crippen LogP contribution in [-0.4, -0.2) is 32.0 Å². The fourth-order valence-electron chi connectivity index (χ4n) is 5.98. The van der Waals surface area contributed by atoms with Crippen molar-refractivity contribution in [3.8, 4) is 0 Å². The first-order valence-corrected chi connectivity index (χ1v) is 15.6.